The SMILES string of the molecule is CCOC(=O)c1sc(NC(=O)CCCS(=O)(=O)c2ccc(Cl)cc2)nc1C. The van der Waals surface area contributed by atoms with E-state index in [0.29, 0.717) is 15.6 Å². The second-order valence-corrected chi connectivity index (χ2v) is 9.12. The van der Waals surface area contributed by atoms with Gasteiger partial charge in [-0.1, -0.05) is 22.9 Å². The molecule has 1 heterocycles. The fourth-order valence-corrected chi connectivity index (χ4v) is 4.51. The van der Waals surface area contributed by atoms with Crippen molar-refractivity contribution in [2.75, 3.05) is 17.7 Å². The Bertz CT molecular complexity index is 923. The van der Waals surface area contributed by atoms with Crippen LogP contribution >= 0.6 is 22.9 Å². The summed E-state index contributed by atoms with van der Waals surface area (Å²) < 4.78 is 29.4. The van der Waals surface area contributed by atoms with Gasteiger partial charge in [0.2, 0.25) is 5.91 Å². The van der Waals surface area contributed by atoms with Crippen LogP contribution in [0.5, 0.6) is 0 Å². The highest BCUT2D eigenvalue weighted by atomic mass is 35.5. The zero-order valence-corrected chi connectivity index (χ0v) is 17.2. The van der Waals surface area contributed by atoms with Crippen molar-refractivity contribution < 1.29 is 22.7 Å². The fraction of sp³-hybridized carbons (Fsp3) is 0.353. The van der Waals surface area contributed by atoms with Crippen LogP contribution < -0.4 is 5.32 Å². The summed E-state index contributed by atoms with van der Waals surface area (Å²) in [5.74, 6) is -1.01. The molecule has 0 aliphatic heterocycles. The van der Waals surface area contributed by atoms with Crippen molar-refractivity contribution in [3.8, 4) is 0 Å². The Labute approximate surface area is 166 Å². The number of carbonyl (C=O) groups is 2. The number of aryl methyl sites for hydroxylation is 1. The molecule has 0 aliphatic rings. The van der Waals surface area contributed by atoms with Gasteiger partial charge in [-0.05, 0) is 44.5 Å². The van der Waals surface area contributed by atoms with Crippen molar-refractivity contribution in [2.24, 2.45) is 0 Å². The number of nitrogens with zero attached hydrogens (tertiary/aromatic N) is 1. The Morgan fingerprint density at radius 1 is 1.26 bits per heavy atom. The number of benzene rings is 1. The molecule has 1 aromatic carbocycles. The van der Waals surface area contributed by atoms with E-state index in [4.69, 9.17) is 16.3 Å². The first-order chi connectivity index (χ1) is 12.7. The number of hydrogen-bond donors (Lipinski definition) is 1. The number of aromatic nitrogens is 1. The van der Waals surface area contributed by atoms with E-state index in [2.05, 4.69) is 10.3 Å². The molecular formula is C17H19ClN2O5S2. The molecule has 2 rings (SSSR count). The van der Waals surface area contributed by atoms with Crippen LogP contribution in [0.4, 0.5) is 5.13 Å². The van der Waals surface area contributed by atoms with Crippen molar-refractivity contribution in [3.05, 3.63) is 39.9 Å². The van der Waals surface area contributed by atoms with Gasteiger partial charge in [-0.15, -0.1) is 0 Å². The van der Waals surface area contributed by atoms with Crippen molar-refractivity contribution in [1.29, 1.82) is 0 Å². The first-order valence-electron chi connectivity index (χ1n) is 8.15. The monoisotopic (exact) mass is 430 g/mol. The molecule has 27 heavy (non-hydrogen) atoms. The van der Waals surface area contributed by atoms with Crippen LogP contribution in [0.2, 0.25) is 5.02 Å². The third-order valence-electron chi connectivity index (χ3n) is 3.49. The molecule has 0 fully saturated rings. The third kappa shape index (κ3) is 6.02. The molecule has 0 atom stereocenters. The predicted molar refractivity (Wildman–Crippen MR) is 104 cm³/mol. The molecule has 0 spiro atoms. The summed E-state index contributed by atoms with van der Waals surface area (Å²) in [5, 5.41) is 3.31. The molecular weight excluding hydrogens is 412 g/mol. The van der Waals surface area contributed by atoms with Gasteiger partial charge in [0.15, 0.2) is 15.0 Å². The van der Waals surface area contributed by atoms with Crippen molar-refractivity contribution in [1.82, 2.24) is 4.98 Å². The highest BCUT2D eigenvalue weighted by Gasteiger charge is 2.18. The van der Waals surface area contributed by atoms with E-state index in [1.165, 1.54) is 24.3 Å². The van der Waals surface area contributed by atoms with Crippen LogP contribution in [0.25, 0.3) is 0 Å². The topological polar surface area (TPSA) is 102 Å². The molecule has 146 valence electrons. The van der Waals surface area contributed by atoms with Gasteiger partial charge >= 0.3 is 5.97 Å². The number of ether oxygens (including phenoxy) is 1. The van der Waals surface area contributed by atoms with E-state index in [1.54, 1.807) is 13.8 Å². The standard InChI is InChI=1S/C17H19ClN2O5S2/c1-3-25-16(22)15-11(2)19-17(26-15)20-14(21)5-4-10-27(23,24)13-8-6-12(18)7-9-13/h6-9H,3-5,10H2,1-2H3,(H,19,20,21). The zero-order valence-electron chi connectivity index (χ0n) is 14.8. The number of rotatable bonds is 8. The first kappa shape index (κ1) is 21.3. The Balaban J connectivity index is 1.88. The number of halogens is 1. The summed E-state index contributed by atoms with van der Waals surface area (Å²) in [4.78, 5) is 28.4. The molecule has 7 nitrogen and oxygen atoms in total. The first-order valence-corrected chi connectivity index (χ1v) is 11.0. The van der Waals surface area contributed by atoms with Gasteiger partial charge in [0.25, 0.3) is 0 Å². The van der Waals surface area contributed by atoms with Crippen LogP contribution in [0.3, 0.4) is 0 Å². The highest BCUT2D eigenvalue weighted by Crippen LogP contribution is 2.24. The summed E-state index contributed by atoms with van der Waals surface area (Å²) in [5.41, 5.74) is 0.471. The molecule has 0 unspecified atom stereocenters. The Morgan fingerprint density at radius 2 is 1.93 bits per heavy atom. The van der Waals surface area contributed by atoms with E-state index < -0.39 is 15.8 Å². The lowest BCUT2D eigenvalue weighted by Gasteiger charge is -2.05. The maximum absolute atomic E-state index is 12.2. The number of nitrogens with one attached hydrogen (secondary N) is 1. The number of hydrogen-bond acceptors (Lipinski definition) is 7. The van der Waals surface area contributed by atoms with Crippen LogP contribution in [0.1, 0.15) is 35.1 Å². The zero-order chi connectivity index (χ0) is 20.0. The van der Waals surface area contributed by atoms with Gasteiger partial charge in [-0.3, -0.25) is 4.79 Å². The van der Waals surface area contributed by atoms with E-state index in [0.717, 1.165) is 11.3 Å². The average Bonchev–Trinajstić information content (AvgIpc) is 2.95. The minimum atomic E-state index is -3.48. The van der Waals surface area contributed by atoms with Gasteiger partial charge in [0.05, 0.1) is 22.9 Å². The molecule has 0 radical (unpaired) electrons. The third-order valence-corrected chi connectivity index (χ3v) is 6.61. The second kappa shape index (κ2) is 9.29. The Hall–Kier alpha value is -1.97. The lowest BCUT2D eigenvalue weighted by molar-refractivity contribution is -0.116. The van der Waals surface area contributed by atoms with E-state index in [1.807, 2.05) is 0 Å². The molecule has 0 saturated carbocycles. The van der Waals surface area contributed by atoms with Crippen LogP contribution in [0.15, 0.2) is 29.2 Å². The number of sulfone groups is 1. The summed E-state index contributed by atoms with van der Waals surface area (Å²) in [6.07, 6.45) is 0.173. The Kier molecular flexibility index (Phi) is 7.34. The molecule has 0 aliphatic carbocycles. The molecule has 1 aromatic heterocycles. The number of thiazole rings is 1. The number of esters is 1. The normalized spacial score (nSPS) is 11.2. The van der Waals surface area contributed by atoms with Crippen molar-refractivity contribution in [2.45, 2.75) is 31.6 Å². The predicted octanol–water partition coefficient (Wildman–Crippen LogP) is 3.47. The van der Waals surface area contributed by atoms with Gasteiger partial charge in [0, 0.05) is 11.4 Å². The van der Waals surface area contributed by atoms with Crippen LogP contribution in [-0.2, 0) is 19.4 Å². The molecule has 1 amide bonds. The molecule has 10 heteroatoms. The smallest absolute Gasteiger partial charge is 0.350 e. The van der Waals surface area contributed by atoms with E-state index in [-0.39, 0.29) is 41.1 Å². The van der Waals surface area contributed by atoms with Crippen LogP contribution in [-0.4, -0.2) is 37.6 Å². The molecule has 1 N–H and O–H groups in total. The van der Waals surface area contributed by atoms with Crippen molar-refractivity contribution in [3.63, 3.8) is 0 Å². The van der Waals surface area contributed by atoms with Gasteiger partial charge in [-0.2, -0.15) is 0 Å². The average molecular weight is 431 g/mol. The fourth-order valence-electron chi connectivity index (χ4n) is 2.20. The number of anilines is 1. The van der Waals surface area contributed by atoms with E-state index >= 15 is 0 Å². The van der Waals surface area contributed by atoms with Gasteiger partial charge < -0.3 is 10.1 Å². The minimum absolute atomic E-state index is 0.0141. The molecule has 0 bridgehead atoms. The summed E-state index contributed by atoms with van der Waals surface area (Å²) in [7, 11) is -3.48. The largest absolute Gasteiger partial charge is 0.462 e. The van der Waals surface area contributed by atoms with E-state index in [9.17, 15) is 18.0 Å². The molecule has 0 saturated heterocycles. The van der Waals surface area contributed by atoms with Gasteiger partial charge in [-0.25, -0.2) is 18.2 Å². The highest BCUT2D eigenvalue weighted by molar-refractivity contribution is 7.91. The summed E-state index contributed by atoms with van der Waals surface area (Å²) in [6.45, 7) is 3.60. The lowest BCUT2D eigenvalue weighted by Crippen LogP contribution is -2.14. The number of amides is 1. The number of carbonyl (C=O) groups excluding carboxylic acids is 2. The maximum atomic E-state index is 12.2. The summed E-state index contributed by atoms with van der Waals surface area (Å²) in [6, 6.07) is 5.89. The summed E-state index contributed by atoms with van der Waals surface area (Å²) >= 11 is 6.78. The van der Waals surface area contributed by atoms with Crippen molar-refractivity contribution >= 4 is 49.8 Å². The van der Waals surface area contributed by atoms with Gasteiger partial charge in [0.1, 0.15) is 4.88 Å². The lowest BCUT2D eigenvalue weighted by atomic mass is 10.3. The second-order valence-electron chi connectivity index (χ2n) is 5.58. The van der Waals surface area contributed by atoms with Crippen LogP contribution in [0, 0.1) is 6.92 Å². The maximum Gasteiger partial charge on any atom is 0.350 e. The molecule has 2 aromatic rings. The Morgan fingerprint density at radius 3 is 2.56 bits per heavy atom. The minimum Gasteiger partial charge on any atom is -0.462 e. The quantitative estimate of drug-likeness (QED) is 0.643.